The van der Waals surface area contributed by atoms with Gasteiger partial charge in [-0.2, -0.15) is 0 Å². The van der Waals surface area contributed by atoms with Crippen molar-refractivity contribution in [2.45, 2.75) is 49.8 Å². The number of fused-ring (bicyclic) bond motifs is 2. The second-order valence-electron chi connectivity index (χ2n) is 8.46. The molecule has 0 amide bonds. The van der Waals surface area contributed by atoms with Crippen LogP contribution in [-0.4, -0.2) is 36.3 Å². The third-order valence-electron chi connectivity index (χ3n) is 6.15. The number of aliphatic hydroxyl groups excluding tert-OH is 1. The average molecular weight is 503 g/mol. The molecule has 0 saturated carbocycles. The van der Waals surface area contributed by atoms with Gasteiger partial charge in [-0.25, -0.2) is 0 Å². The van der Waals surface area contributed by atoms with Crippen LogP contribution >= 0.6 is 10.8 Å². The Bertz CT molecular complexity index is 1380. The average Bonchev–Trinajstić information content (AvgIpc) is 2.78. The molecule has 0 unspecified atom stereocenters. The predicted molar refractivity (Wildman–Crippen MR) is 138 cm³/mol. The van der Waals surface area contributed by atoms with Gasteiger partial charge in [0.1, 0.15) is 22.5 Å². The summed E-state index contributed by atoms with van der Waals surface area (Å²) in [4.78, 5) is 14.1. The van der Waals surface area contributed by atoms with E-state index in [1.807, 2.05) is 26.0 Å². The number of benzene rings is 2. The number of rotatable bonds is 5. The van der Waals surface area contributed by atoms with Crippen LogP contribution in [0.25, 0.3) is 9.95 Å². The second kappa shape index (κ2) is 9.05. The van der Waals surface area contributed by atoms with E-state index in [2.05, 4.69) is 13.9 Å². The smallest absolute Gasteiger partial charge is 0.351 e. The van der Waals surface area contributed by atoms with Gasteiger partial charge in [-0.05, 0) is 24.5 Å². The third kappa shape index (κ3) is 3.97. The maximum Gasteiger partial charge on any atom is 0.351 e. The Hall–Kier alpha value is -2.88. The topological polar surface area (TPSA) is 124 Å². The van der Waals surface area contributed by atoms with Crippen LogP contribution in [0.3, 0.4) is 0 Å². The van der Waals surface area contributed by atoms with Crippen LogP contribution < -0.4 is 5.32 Å². The van der Waals surface area contributed by atoms with E-state index >= 15 is 0 Å². The number of hydrogen-bond acceptors (Lipinski definition) is 7. The van der Waals surface area contributed by atoms with Crippen LogP contribution in [-0.2, 0) is 20.6 Å². The number of nitrogens with zero attached hydrogens (tertiary/aromatic N) is 2. The van der Waals surface area contributed by atoms with Crippen LogP contribution in [0, 0.1) is 0 Å². The molecular weight excluding hydrogens is 474 g/mol. The number of hydrogen-bond donors (Lipinski definition) is 4. The lowest BCUT2D eigenvalue weighted by Crippen LogP contribution is -2.44. The van der Waals surface area contributed by atoms with Gasteiger partial charge in [-0.3, -0.25) is 13.9 Å². The van der Waals surface area contributed by atoms with Gasteiger partial charge in [0.15, 0.2) is 11.6 Å². The maximum atomic E-state index is 14.1. The van der Waals surface area contributed by atoms with E-state index in [4.69, 9.17) is 0 Å². The molecule has 34 heavy (non-hydrogen) atoms. The van der Waals surface area contributed by atoms with Crippen LogP contribution in [0.5, 0.6) is 0 Å². The largest absolute Gasteiger partial charge is 0.506 e. The first-order valence-electron chi connectivity index (χ1n) is 11.1. The molecule has 10 heteroatoms. The minimum Gasteiger partial charge on any atom is -0.506 e. The molecule has 1 aliphatic carbocycles. The Balaban J connectivity index is 1.91. The highest BCUT2D eigenvalue weighted by Gasteiger charge is 2.48. The molecule has 4 rings (SSSR count). The Kier molecular flexibility index (Phi) is 6.46. The first-order chi connectivity index (χ1) is 16.1. The number of anilines is 1. The zero-order valence-corrected chi connectivity index (χ0v) is 20.9. The van der Waals surface area contributed by atoms with Gasteiger partial charge in [0, 0.05) is 15.8 Å². The molecule has 0 bridgehead atoms. The maximum absolute atomic E-state index is 14.1. The fourth-order valence-corrected chi connectivity index (χ4v) is 6.48. The quantitative estimate of drug-likeness (QED) is 0.385. The van der Waals surface area contributed by atoms with Gasteiger partial charge < -0.3 is 10.4 Å². The lowest BCUT2D eigenvalue weighted by Gasteiger charge is -2.40. The van der Waals surface area contributed by atoms with Crippen molar-refractivity contribution in [1.29, 1.82) is 0 Å². The highest BCUT2D eigenvalue weighted by molar-refractivity contribution is 8.23. The van der Waals surface area contributed by atoms with Gasteiger partial charge >= 0.3 is 16.1 Å². The van der Waals surface area contributed by atoms with E-state index in [0.717, 1.165) is 18.4 Å². The minimum atomic E-state index is -3.72. The highest BCUT2D eigenvalue weighted by atomic mass is 32.3. The summed E-state index contributed by atoms with van der Waals surface area (Å²) in [5.74, 6) is -0.600. The monoisotopic (exact) mass is 502 g/mol. The van der Waals surface area contributed by atoms with Gasteiger partial charge in [0.2, 0.25) is 0 Å². The molecular formula is C24H28N3O5S2+. The van der Waals surface area contributed by atoms with E-state index in [9.17, 15) is 23.2 Å². The zero-order chi connectivity index (χ0) is 24.7. The van der Waals surface area contributed by atoms with Crippen molar-refractivity contribution in [3.63, 3.8) is 0 Å². The molecule has 180 valence electrons. The molecule has 0 fully saturated rings. The van der Waals surface area contributed by atoms with Gasteiger partial charge in [-0.15, -0.1) is 8.61 Å². The summed E-state index contributed by atoms with van der Waals surface area (Å²) in [6.07, 6.45) is 4.11. The van der Waals surface area contributed by atoms with Crippen molar-refractivity contribution >= 4 is 50.0 Å². The van der Waals surface area contributed by atoms with Gasteiger partial charge in [-0.1, -0.05) is 61.7 Å². The van der Waals surface area contributed by atoms with Crippen LogP contribution in [0.1, 0.15) is 50.7 Å². The lowest BCUT2D eigenvalue weighted by atomic mass is 9.63. The van der Waals surface area contributed by atoms with Crippen molar-refractivity contribution in [3.8, 4) is 0 Å². The number of carbonyl (C=O) groups excluding carboxylic acids is 1. The molecule has 0 aromatic heterocycles. The van der Waals surface area contributed by atoms with E-state index in [0.29, 0.717) is 29.8 Å². The molecule has 1 heterocycles. The number of nitrogens with one attached hydrogen (secondary N) is 1. The van der Waals surface area contributed by atoms with Crippen LogP contribution in [0.4, 0.5) is 11.4 Å². The molecule has 1 aliphatic heterocycles. The van der Waals surface area contributed by atoms with Crippen molar-refractivity contribution in [2.24, 2.45) is 4.40 Å². The number of amidine groups is 1. The molecule has 2 aliphatic rings. The van der Waals surface area contributed by atoms with E-state index in [1.54, 1.807) is 24.3 Å². The lowest BCUT2D eigenvalue weighted by molar-refractivity contribution is -0.121. The summed E-state index contributed by atoms with van der Waals surface area (Å²) in [5.41, 5.74) is 1.08. The molecule has 0 radical (unpaired) electrons. The Labute approximate surface area is 202 Å². The molecule has 2 aromatic rings. The number of carbonyl (C=O) groups is 1. The first-order valence-corrected chi connectivity index (χ1v) is 14.1. The van der Waals surface area contributed by atoms with E-state index in [1.165, 1.54) is 12.3 Å². The molecule has 0 saturated heterocycles. The number of ketones is 1. The zero-order valence-electron chi connectivity index (χ0n) is 19.2. The number of aliphatic hydroxyl groups is 1. The molecule has 2 aromatic carbocycles. The SMILES string of the molecule is CCCC1(CCC)C(=O)C(C2=NS(O)(O)c3cc([N+]#S(C)=O)ccc3N2)=C(O)c2ccccc21. The second-order valence-corrected chi connectivity index (χ2v) is 11.1. The summed E-state index contributed by atoms with van der Waals surface area (Å²) >= 11 is 0. The summed E-state index contributed by atoms with van der Waals surface area (Å²) in [7, 11) is -5.18. The Morgan fingerprint density at radius 3 is 2.44 bits per heavy atom. The Morgan fingerprint density at radius 1 is 1.12 bits per heavy atom. The summed E-state index contributed by atoms with van der Waals surface area (Å²) < 4.78 is 41.2. The summed E-state index contributed by atoms with van der Waals surface area (Å²) in [6.45, 7) is 4.03. The van der Waals surface area contributed by atoms with Gasteiger partial charge in [0.05, 0.1) is 17.2 Å². The minimum absolute atomic E-state index is 0.0466. The summed E-state index contributed by atoms with van der Waals surface area (Å²) in [6, 6.07) is 11.9. The number of Topliss-reactive ketones (excluding diaryl/α,β-unsaturated/α-hetero) is 1. The third-order valence-corrected chi connectivity index (χ3v) is 7.99. The van der Waals surface area contributed by atoms with Crippen molar-refractivity contribution in [1.82, 2.24) is 0 Å². The molecule has 0 spiro atoms. The normalized spacial score (nSPS) is 18.7. The van der Waals surface area contributed by atoms with Crippen molar-refractivity contribution in [2.75, 3.05) is 11.6 Å². The predicted octanol–water partition coefficient (Wildman–Crippen LogP) is 6.22. The first kappa shape index (κ1) is 24.3. The van der Waals surface area contributed by atoms with E-state index in [-0.39, 0.29) is 27.8 Å². The van der Waals surface area contributed by atoms with Crippen LogP contribution in [0.2, 0.25) is 0 Å². The van der Waals surface area contributed by atoms with Gasteiger partial charge in [0.25, 0.3) is 0 Å². The fourth-order valence-electron chi connectivity index (χ4n) is 4.89. The van der Waals surface area contributed by atoms with Crippen molar-refractivity contribution in [3.05, 3.63) is 63.4 Å². The molecule has 0 atom stereocenters. The fraction of sp³-hybridized carbons (Fsp3) is 0.333. The molecule has 8 nitrogen and oxygen atoms in total. The molecule has 4 N–H and O–H groups in total. The van der Waals surface area contributed by atoms with Crippen LogP contribution in [0.15, 0.2) is 57.3 Å². The highest BCUT2D eigenvalue weighted by Crippen LogP contribution is 2.57. The summed E-state index contributed by atoms with van der Waals surface area (Å²) in [5, 5.41) is 14.2. The standard InChI is InChI=1S/C24H27N3O5S2/c1-4-12-24(13-5-2)17-9-7-6-8-16(17)21(28)20(22(24)29)23-25-18-11-10-15(26-33(3)30)14-19(18)34(31,32)27-23/h6-11,14H,4-5,12-13H2,1-3H3,(H3-,25,27,28,31,32)/p+1. The van der Waals surface area contributed by atoms with E-state index < -0.39 is 26.6 Å². The Morgan fingerprint density at radius 2 is 1.79 bits per heavy atom. The van der Waals surface area contributed by atoms with Crippen molar-refractivity contribution < 1.29 is 23.2 Å².